The van der Waals surface area contributed by atoms with Gasteiger partial charge in [0.05, 0.1) is 27.7 Å². The third-order valence-electron chi connectivity index (χ3n) is 4.71. The number of quaternary nitrogens is 1. The zero-order valence-electron chi connectivity index (χ0n) is 19.2. The topological polar surface area (TPSA) is 74.6 Å². The first-order valence-corrected chi connectivity index (χ1v) is 11.4. The van der Waals surface area contributed by atoms with E-state index >= 15 is 0 Å². The van der Waals surface area contributed by atoms with Crippen LogP contribution >= 0.6 is 0 Å². The molecule has 0 amide bonds. The van der Waals surface area contributed by atoms with Gasteiger partial charge in [-0.15, -0.1) is 0 Å². The summed E-state index contributed by atoms with van der Waals surface area (Å²) in [5.74, 6) is -1.74. The van der Waals surface area contributed by atoms with Crippen LogP contribution in [0.4, 0.5) is 0 Å². The summed E-state index contributed by atoms with van der Waals surface area (Å²) in [7, 11) is 6.87. The largest absolute Gasteiger partial charge is 0.481 e. The van der Waals surface area contributed by atoms with E-state index in [1.807, 2.05) is 0 Å². The van der Waals surface area contributed by atoms with Gasteiger partial charge in [0, 0.05) is 12.8 Å². The molecule has 0 aromatic rings. The molecule has 0 aliphatic rings. The minimum atomic E-state index is -0.870. The Bertz CT molecular complexity index is 348. The Morgan fingerprint density at radius 2 is 0.893 bits per heavy atom. The Hall–Kier alpha value is -1.10. The van der Waals surface area contributed by atoms with Crippen molar-refractivity contribution >= 4 is 11.9 Å². The average molecular weight is 403 g/mol. The second-order valence-electron chi connectivity index (χ2n) is 8.90. The highest BCUT2D eigenvalue weighted by Gasteiger charge is 2.04. The van der Waals surface area contributed by atoms with Crippen LogP contribution in [0, 0.1) is 0 Å². The third kappa shape index (κ3) is 32.6. The van der Waals surface area contributed by atoms with E-state index in [1.54, 1.807) is 0 Å². The number of unbranched alkanes of at least 4 members (excludes halogenated alkanes) is 12. The molecule has 0 rings (SSSR count). The lowest BCUT2D eigenvalue weighted by molar-refractivity contribution is -0.870. The van der Waals surface area contributed by atoms with Crippen LogP contribution in [-0.4, -0.2) is 54.3 Å². The van der Waals surface area contributed by atoms with Gasteiger partial charge in [-0.25, -0.2) is 0 Å². The van der Waals surface area contributed by atoms with Gasteiger partial charge in [-0.05, 0) is 25.7 Å². The predicted octanol–water partition coefficient (Wildman–Crippen LogP) is 6.11. The summed E-state index contributed by atoms with van der Waals surface area (Å²) in [6, 6.07) is 0. The molecule has 0 aromatic heterocycles. The van der Waals surface area contributed by atoms with Crippen LogP contribution in [0.25, 0.3) is 0 Å². The number of carboxylic acid groups (broad SMARTS) is 2. The van der Waals surface area contributed by atoms with Gasteiger partial charge in [0.1, 0.15) is 0 Å². The lowest BCUT2D eigenvalue weighted by atomic mass is 10.1. The van der Waals surface area contributed by atoms with Crippen molar-refractivity contribution in [2.45, 2.75) is 110 Å². The summed E-state index contributed by atoms with van der Waals surface area (Å²) in [5.41, 5.74) is 0. The van der Waals surface area contributed by atoms with Crippen molar-refractivity contribution in [3.05, 3.63) is 0 Å². The molecular formula is C23H48NO4+. The number of aliphatic carboxylic acids is 2. The van der Waals surface area contributed by atoms with Crippen LogP contribution in [0.5, 0.6) is 0 Å². The van der Waals surface area contributed by atoms with Crippen molar-refractivity contribution < 1.29 is 24.3 Å². The van der Waals surface area contributed by atoms with Crippen molar-refractivity contribution in [3.8, 4) is 0 Å². The molecule has 0 radical (unpaired) electrons. The summed E-state index contributed by atoms with van der Waals surface area (Å²) in [4.78, 5) is 19.8. The molecule has 0 heterocycles. The molecule has 0 saturated heterocycles. The average Bonchev–Trinajstić information content (AvgIpc) is 2.59. The fraction of sp³-hybridized carbons (Fsp3) is 0.913. The second-order valence-corrected chi connectivity index (χ2v) is 8.90. The quantitative estimate of drug-likeness (QED) is 0.214. The van der Waals surface area contributed by atoms with Crippen molar-refractivity contribution in [1.29, 1.82) is 0 Å². The summed E-state index contributed by atoms with van der Waals surface area (Å²) < 4.78 is 1.12. The molecule has 0 aliphatic heterocycles. The Morgan fingerprint density at radius 1 is 0.571 bits per heavy atom. The normalized spacial score (nSPS) is 11.0. The Kier molecular flexibility index (Phi) is 21.4. The highest BCUT2D eigenvalue weighted by atomic mass is 16.4. The van der Waals surface area contributed by atoms with Crippen LogP contribution < -0.4 is 0 Å². The maximum atomic E-state index is 9.90. The molecule has 0 bridgehead atoms. The standard InChI is InChI=1S/C17H38N.C6H10O4/c1-5-6-7-8-9-10-11-12-13-14-15-16-17-18(2,3)4;7-5(8)3-1-2-4-6(9)10/h5-17H2,1-4H3;1-4H2,(H,7,8)(H,9,10)/q+1;. The van der Waals surface area contributed by atoms with Crippen molar-refractivity contribution in [3.63, 3.8) is 0 Å². The Morgan fingerprint density at radius 3 is 1.18 bits per heavy atom. The molecule has 0 atom stereocenters. The summed E-state index contributed by atoms with van der Waals surface area (Å²) in [5, 5.41) is 16.3. The highest BCUT2D eigenvalue weighted by molar-refractivity contribution is 5.67. The first-order chi connectivity index (χ1) is 13.2. The minimum absolute atomic E-state index is 0.0628. The zero-order valence-corrected chi connectivity index (χ0v) is 19.2. The molecule has 0 fully saturated rings. The van der Waals surface area contributed by atoms with Crippen molar-refractivity contribution in [2.75, 3.05) is 27.7 Å². The van der Waals surface area contributed by atoms with E-state index in [1.165, 1.54) is 83.6 Å². The Balaban J connectivity index is 0. The van der Waals surface area contributed by atoms with Gasteiger partial charge in [-0.2, -0.15) is 0 Å². The maximum absolute atomic E-state index is 9.90. The maximum Gasteiger partial charge on any atom is 0.303 e. The summed E-state index contributed by atoms with van der Waals surface area (Å²) >= 11 is 0. The van der Waals surface area contributed by atoms with Gasteiger partial charge in [0.25, 0.3) is 0 Å². The molecule has 5 heteroatoms. The van der Waals surface area contributed by atoms with Crippen LogP contribution in [0.2, 0.25) is 0 Å². The number of hydrogen-bond acceptors (Lipinski definition) is 2. The summed E-state index contributed by atoms with van der Waals surface area (Å²) in [6.07, 6.45) is 18.4. The predicted molar refractivity (Wildman–Crippen MR) is 118 cm³/mol. The first kappa shape index (κ1) is 29.1. The molecule has 2 N–H and O–H groups in total. The fourth-order valence-corrected chi connectivity index (χ4v) is 2.98. The number of carbonyl (C=O) groups is 2. The van der Waals surface area contributed by atoms with Crippen molar-refractivity contribution in [1.82, 2.24) is 0 Å². The van der Waals surface area contributed by atoms with Crippen LogP contribution in [0.1, 0.15) is 110 Å². The van der Waals surface area contributed by atoms with Crippen LogP contribution in [-0.2, 0) is 9.59 Å². The smallest absolute Gasteiger partial charge is 0.303 e. The molecule has 0 aliphatic carbocycles. The molecule has 5 nitrogen and oxygen atoms in total. The third-order valence-corrected chi connectivity index (χ3v) is 4.71. The van der Waals surface area contributed by atoms with Gasteiger partial charge >= 0.3 is 11.9 Å². The van der Waals surface area contributed by atoms with Gasteiger partial charge < -0.3 is 14.7 Å². The lowest BCUT2D eigenvalue weighted by Crippen LogP contribution is -2.35. The zero-order chi connectivity index (χ0) is 21.7. The number of rotatable bonds is 18. The van der Waals surface area contributed by atoms with E-state index < -0.39 is 11.9 Å². The fourth-order valence-electron chi connectivity index (χ4n) is 2.98. The van der Waals surface area contributed by atoms with E-state index in [2.05, 4.69) is 28.1 Å². The first-order valence-electron chi connectivity index (χ1n) is 11.4. The minimum Gasteiger partial charge on any atom is -0.481 e. The molecule has 0 aromatic carbocycles. The van der Waals surface area contributed by atoms with Gasteiger partial charge in [-0.1, -0.05) is 71.1 Å². The summed E-state index contributed by atoms with van der Waals surface area (Å²) in [6.45, 7) is 3.62. The molecule has 168 valence electrons. The molecule has 28 heavy (non-hydrogen) atoms. The van der Waals surface area contributed by atoms with Gasteiger partial charge in [-0.3, -0.25) is 9.59 Å². The molecule has 0 saturated carbocycles. The number of hydrogen-bond donors (Lipinski definition) is 2. The van der Waals surface area contributed by atoms with E-state index in [4.69, 9.17) is 10.2 Å². The van der Waals surface area contributed by atoms with E-state index in [0.717, 1.165) is 4.48 Å². The molecule has 0 unspecified atom stereocenters. The monoisotopic (exact) mass is 402 g/mol. The van der Waals surface area contributed by atoms with Crippen LogP contribution in [0.3, 0.4) is 0 Å². The van der Waals surface area contributed by atoms with E-state index in [9.17, 15) is 9.59 Å². The number of nitrogens with zero attached hydrogens (tertiary/aromatic N) is 1. The lowest BCUT2D eigenvalue weighted by Gasteiger charge is -2.23. The van der Waals surface area contributed by atoms with Crippen molar-refractivity contribution in [2.24, 2.45) is 0 Å². The Labute approximate surface area is 174 Å². The molecular weight excluding hydrogens is 354 g/mol. The highest BCUT2D eigenvalue weighted by Crippen LogP contribution is 2.12. The van der Waals surface area contributed by atoms with E-state index in [-0.39, 0.29) is 12.8 Å². The van der Waals surface area contributed by atoms with Crippen LogP contribution in [0.15, 0.2) is 0 Å². The SMILES string of the molecule is CCCCCCCCCCCCCC[N+](C)(C)C.O=C(O)CCCCC(=O)O. The van der Waals surface area contributed by atoms with Gasteiger partial charge in [0.15, 0.2) is 0 Å². The van der Waals surface area contributed by atoms with E-state index in [0.29, 0.717) is 12.8 Å². The van der Waals surface area contributed by atoms with Gasteiger partial charge in [0.2, 0.25) is 0 Å². The number of carboxylic acids is 2. The second kappa shape index (κ2) is 20.6. The molecule has 0 spiro atoms.